The Hall–Kier alpha value is -1.96. The Kier molecular flexibility index (Phi) is 4.81. The molecule has 0 aliphatic heterocycles. The largest absolute Gasteiger partial charge is 0.417 e. The number of alkyl halides is 3. The van der Waals surface area contributed by atoms with Crippen LogP contribution in [0.25, 0.3) is 5.65 Å². The molecule has 0 bridgehead atoms. The normalized spacial score (nSPS) is 11.8. The first-order chi connectivity index (χ1) is 12.1. The highest BCUT2D eigenvalue weighted by Gasteiger charge is 2.31. The second kappa shape index (κ2) is 6.64. The van der Waals surface area contributed by atoms with Gasteiger partial charge in [-0.15, -0.1) is 0 Å². The Balaban J connectivity index is 2.07. The van der Waals surface area contributed by atoms with Gasteiger partial charge < -0.3 is 5.32 Å². The first kappa shape index (κ1) is 18.8. The summed E-state index contributed by atoms with van der Waals surface area (Å²) in [5.74, 6) is -0.708. The maximum atomic E-state index is 13.0. The number of hydrogen-bond donors (Lipinski definition) is 1. The van der Waals surface area contributed by atoms with Crippen LogP contribution in [0.3, 0.4) is 0 Å². The van der Waals surface area contributed by atoms with Crippen molar-refractivity contribution in [2.75, 3.05) is 5.32 Å². The molecule has 3 aromatic rings. The minimum absolute atomic E-state index is 0.0619. The average Bonchev–Trinajstić information content (AvgIpc) is 2.84. The summed E-state index contributed by atoms with van der Waals surface area (Å²) in [4.78, 5) is 16.8. The lowest BCUT2D eigenvalue weighted by atomic mass is 10.2. The lowest BCUT2D eigenvalue weighted by Crippen LogP contribution is -2.17. The molecule has 0 radical (unpaired) electrons. The zero-order valence-electron chi connectivity index (χ0n) is 13.0. The number of nitrogens with one attached hydrogen (secondary N) is 1. The van der Waals surface area contributed by atoms with E-state index in [1.165, 1.54) is 25.1 Å². The first-order valence-electron chi connectivity index (χ1n) is 7.09. The molecule has 0 atom stereocenters. The van der Waals surface area contributed by atoms with Crippen LogP contribution in [0, 0.1) is 6.92 Å². The van der Waals surface area contributed by atoms with Gasteiger partial charge in [-0.25, -0.2) is 4.98 Å². The Labute approximate surface area is 160 Å². The second-order valence-electron chi connectivity index (χ2n) is 5.39. The van der Waals surface area contributed by atoms with Gasteiger partial charge in [-0.1, -0.05) is 34.8 Å². The maximum absolute atomic E-state index is 13.0. The Morgan fingerprint density at radius 1 is 1.15 bits per heavy atom. The van der Waals surface area contributed by atoms with Crippen LogP contribution in [0.4, 0.5) is 18.9 Å². The standard InChI is InChI=1S/C16H9Cl3F3N3O/c1-7-14(15(26)24-13-10(18)4-9(17)5-11(13)19)25-6-8(16(20,21)22)2-3-12(25)23-7/h2-6H,1H3,(H,24,26). The lowest BCUT2D eigenvalue weighted by Gasteiger charge is -2.11. The van der Waals surface area contributed by atoms with Crippen LogP contribution in [0.5, 0.6) is 0 Å². The third-order valence-corrected chi connectivity index (χ3v) is 4.40. The summed E-state index contributed by atoms with van der Waals surface area (Å²) in [5, 5.41) is 2.96. The van der Waals surface area contributed by atoms with Crippen molar-refractivity contribution in [3.05, 3.63) is 62.5 Å². The van der Waals surface area contributed by atoms with E-state index in [0.29, 0.717) is 0 Å². The van der Waals surface area contributed by atoms with Crippen molar-refractivity contribution < 1.29 is 18.0 Å². The lowest BCUT2D eigenvalue weighted by molar-refractivity contribution is -0.137. The number of imidazole rings is 1. The number of anilines is 1. The fourth-order valence-electron chi connectivity index (χ4n) is 2.44. The summed E-state index contributed by atoms with van der Waals surface area (Å²) in [7, 11) is 0. The molecule has 2 aromatic heterocycles. The highest BCUT2D eigenvalue weighted by Crippen LogP contribution is 2.34. The highest BCUT2D eigenvalue weighted by atomic mass is 35.5. The van der Waals surface area contributed by atoms with Gasteiger partial charge in [0.05, 0.1) is 27.0 Å². The molecule has 0 saturated carbocycles. The van der Waals surface area contributed by atoms with Crippen LogP contribution >= 0.6 is 34.8 Å². The Morgan fingerprint density at radius 2 is 1.77 bits per heavy atom. The van der Waals surface area contributed by atoms with E-state index < -0.39 is 17.6 Å². The molecule has 3 rings (SSSR count). The van der Waals surface area contributed by atoms with Gasteiger partial charge in [0, 0.05) is 11.2 Å². The molecule has 0 aliphatic carbocycles. The number of rotatable bonds is 2. The van der Waals surface area contributed by atoms with Crippen molar-refractivity contribution in [3.8, 4) is 0 Å². The van der Waals surface area contributed by atoms with Gasteiger partial charge in [0.1, 0.15) is 11.3 Å². The number of amides is 1. The van der Waals surface area contributed by atoms with E-state index in [-0.39, 0.29) is 37.8 Å². The Morgan fingerprint density at radius 3 is 2.35 bits per heavy atom. The quantitative estimate of drug-likeness (QED) is 0.561. The zero-order chi connectivity index (χ0) is 19.2. The molecule has 0 unspecified atom stereocenters. The van der Waals surface area contributed by atoms with E-state index >= 15 is 0 Å². The minimum Gasteiger partial charge on any atom is -0.318 e. The number of pyridine rings is 1. The summed E-state index contributed by atoms with van der Waals surface area (Å²) in [6, 6.07) is 4.85. The fourth-order valence-corrected chi connectivity index (χ4v) is 3.35. The van der Waals surface area contributed by atoms with Gasteiger partial charge in [-0.2, -0.15) is 13.2 Å². The molecular weight excluding hydrogens is 414 g/mol. The smallest absolute Gasteiger partial charge is 0.318 e. The average molecular weight is 423 g/mol. The van der Waals surface area contributed by atoms with E-state index in [4.69, 9.17) is 34.8 Å². The topological polar surface area (TPSA) is 46.4 Å². The monoisotopic (exact) mass is 421 g/mol. The predicted octanol–water partition coefficient (Wildman–Crippen LogP) is 5.87. The highest BCUT2D eigenvalue weighted by molar-refractivity contribution is 6.42. The molecule has 4 nitrogen and oxygen atoms in total. The summed E-state index contributed by atoms with van der Waals surface area (Å²) < 4.78 is 40.0. The van der Waals surface area contributed by atoms with Crippen molar-refractivity contribution in [2.45, 2.75) is 13.1 Å². The van der Waals surface area contributed by atoms with Crippen molar-refractivity contribution in [1.82, 2.24) is 9.38 Å². The van der Waals surface area contributed by atoms with Gasteiger partial charge in [-0.05, 0) is 31.2 Å². The predicted molar refractivity (Wildman–Crippen MR) is 94.4 cm³/mol. The number of carbonyl (C=O) groups is 1. The number of nitrogens with zero attached hydrogens (tertiary/aromatic N) is 2. The molecule has 10 heteroatoms. The molecule has 0 fully saturated rings. The number of benzene rings is 1. The van der Waals surface area contributed by atoms with Crippen LogP contribution in [0.2, 0.25) is 15.1 Å². The van der Waals surface area contributed by atoms with Gasteiger partial charge >= 0.3 is 6.18 Å². The number of halogens is 6. The van der Waals surface area contributed by atoms with Crippen LogP contribution in [0.1, 0.15) is 21.7 Å². The minimum atomic E-state index is -4.55. The van der Waals surface area contributed by atoms with E-state index in [1.54, 1.807) is 0 Å². The van der Waals surface area contributed by atoms with E-state index in [1.807, 2.05) is 0 Å². The summed E-state index contributed by atoms with van der Waals surface area (Å²) >= 11 is 17.9. The van der Waals surface area contributed by atoms with Gasteiger partial charge in [0.25, 0.3) is 5.91 Å². The fraction of sp³-hybridized carbons (Fsp3) is 0.125. The molecule has 0 spiro atoms. The van der Waals surface area contributed by atoms with Crippen molar-refractivity contribution >= 4 is 52.0 Å². The Bertz CT molecular complexity index is 1010. The van der Waals surface area contributed by atoms with E-state index in [2.05, 4.69) is 10.3 Å². The van der Waals surface area contributed by atoms with Crippen LogP contribution in [-0.2, 0) is 6.18 Å². The van der Waals surface area contributed by atoms with Gasteiger partial charge in [0.15, 0.2) is 0 Å². The third-order valence-electron chi connectivity index (χ3n) is 3.58. The van der Waals surface area contributed by atoms with E-state index in [9.17, 15) is 18.0 Å². The van der Waals surface area contributed by atoms with Crippen LogP contribution in [-0.4, -0.2) is 15.3 Å². The molecular formula is C16H9Cl3F3N3O. The summed E-state index contributed by atoms with van der Waals surface area (Å²) in [6.07, 6.45) is -3.74. The number of carbonyl (C=O) groups excluding carboxylic acids is 1. The van der Waals surface area contributed by atoms with Crippen LogP contribution < -0.4 is 5.32 Å². The number of aryl methyl sites for hydroxylation is 1. The van der Waals surface area contributed by atoms with Gasteiger partial charge in [0.2, 0.25) is 0 Å². The SMILES string of the molecule is Cc1nc2ccc(C(F)(F)F)cn2c1C(=O)Nc1c(Cl)cc(Cl)cc1Cl. The van der Waals surface area contributed by atoms with Crippen LogP contribution in [0.15, 0.2) is 30.5 Å². The van der Waals surface area contributed by atoms with Crippen molar-refractivity contribution in [2.24, 2.45) is 0 Å². The zero-order valence-corrected chi connectivity index (χ0v) is 15.2. The van der Waals surface area contributed by atoms with E-state index in [0.717, 1.165) is 16.7 Å². The van der Waals surface area contributed by atoms with Gasteiger partial charge in [-0.3, -0.25) is 9.20 Å². The number of aromatic nitrogens is 2. The van der Waals surface area contributed by atoms with Crippen molar-refractivity contribution in [1.29, 1.82) is 0 Å². The van der Waals surface area contributed by atoms with Crippen molar-refractivity contribution in [3.63, 3.8) is 0 Å². The first-order valence-corrected chi connectivity index (χ1v) is 8.23. The second-order valence-corrected chi connectivity index (χ2v) is 6.64. The molecule has 0 aliphatic rings. The molecule has 0 saturated heterocycles. The molecule has 1 N–H and O–H groups in total. The summed E-state index contributed by atoms with van der Waals surface area (Å²) in [5.41, 5.74) is -0.409. The molecule has 136 valence electrons. The molecule has 2 heterocycles. The molecule has 26 heavy (non-hydrogen) atoms. The maximum Gasteiger partial charge on any atom is 0.417 e. The molecule has 1 aromatic carbocycles. The molecule has 1 amide bonds. The number of fused-ring (bicyclic) bond motifs is 1. The third kappa shape index (κ3) is 3.47. The number of hydrogen-bond acceptors (Lipinski definition) is 2. The summed E-state index contributed by atoms with van der Waals surface area (Å²) in [6.45, 7) is 1.51.